The summed E-state index contributed by atoms with van der Waals surface area (Å²) >= 11 is 0. The van der Waals surface area contributed by atoms with E-state index in [0.29, 0.717) is 17.8 Å². The molecular weight excluding hydrogens is 316 g/mol. The Balaban J connectivity index is 1.94. The highest BCUT2D eigenvalue weighted by Gasteiger charge is 2.33. The van der Waals surface area contributed by atoms with Crippen LogP contribution >= 0.6 is 0 Å². The first-order chi connectivity index (χ1) is 11.9. The first-order valence-corrected chi connectivity index (χ1v) is 8.59. The number of carbonyl (C=O) groups is 2. The van der Waals surface area contributed by atoms with E-state index in [0.717, 1.165) is 35.4 Å². The number of hydrogen-bond donors (Lipinski definition) is 1. The fourth-order valence-corrected chi connectivity index (χ4v) is 3.84. The Morgan fingerprint density at radius 1 is 1.28 bits per heavy atom. The summed E-state index contributed by atoms with van der Waals surface area (Å²) in [6, 6.07) is 7.91. The van der Waals surface area contributed by atoms with Crippen molar-refractivity contribution in [1.29, 1.82) is 0 Å². The fraction of sp³-hybridized carbons (Fsp3) is 0.400. The van der Waals surface area contributed by atoms with Crippen molar-refractivity contribution >= 4 is 11.7 Å². The molecule has 1 atom stereocenters. The van der Waals surface area contributed by atoms with Crippen LogP contribution in [0.2, 0.25) is 0 Å². The normalized spacial score (nSPS) is 17.0. The van der Waals surface area contributed by atoms with E-state index in [-0.39, 0.29) is 17.7 Å². The van der Waals surface area contributed by atoms with Crippen LogP contribution in [0.3, 0.4) is 0 Å². The quantitative estimate of drug-likeness (QED) is 0.861. The number of hydrogen-bond acceptors (Lipinski definition) is 3. The number of rotatable bonds is 4. The van der Waals surface area contributed by atoms with E-state index in [1.54, 1.807) is 7.11 Å². The second-order valence-corrected chi connectivity index (χ2v) is 6.61. The smallest absolute Gasteiger partial charge is 0.271 e. The van der Waals surface area contributed by atoms with Crippen molar-refractivity contribution < 1.29 is 14.3 Å². The molecule has 0 aliphatic carbocycles. The van der Waals surface area contributed by atoms with Gasteiger partial charge in [-0.05, 0) is 56.9 Å². The molecule has 1 amide bonds. The molecule has 5 nitrogen and oxygen atoms in total. The van der Waals surface area contributed by atoms with Crippen LogP contribution in [-0.4, -0.2) is 35.2 Å². The highest BCUT2D eigenvalue weighted by molar-refractivity contribution is 6.02. The lowest BCUT2D eigenvalue weighted by Gasteiger charge is -2.25. The molecule has 3 rings (SSSR count). The molecule has 2 aromatic rings. The van der Waals surface area contributed by atoms with Crippen molar-refractivity contribution in [3.05, 3.63) is 52.3 Å². The van der Waals surface area contributed by atoms with Crippen LogP contribution in [0.5, 0.6) is 5.75 Å². The molecule has 1 aromatic heterocycles. The largest absolute Gasteiger partial charge is 0.497 e. The maximum absolute atomic E-state index is 13.1. The molecule has 0 saturated carbocycles. The van der Waals surface area contributed by atoms with E-state index < -0.39 is 0 Å². The monoisotopic (exact) mass is 340 g/mol. The Morgan fingerprint density at radius 2 is 2.04 bits per heavy atom. The minimum absolute atomic E-state index is 0.0175. The van der Waals surface area contributed by atoms with Gasteiger partial charge in [0, 0.05) is 17.8 Å². The van der Waals surface area contributed by atoms with Gasteiger partial charge in [0.1, 0.15) is 11.4 Å². The van der Waals surface area contributed by atoms with Gasteiger partial charge in [-0.1, -0.05) is 12.1 Å². The molecule has 25 heavy (non-hydrogen) atoms. The van der Waals surface area contributed by atoms with Gasteiger partial charge in [-0.3, -0.25) is 9.59 Å². The van der Waals surface area contributed by atoms with E-state index in [1.807, 2.05) is 43.0 Å². The lowest BCUT2D eigenvalue weighted by Crippen LogP contribution is -2.31. The number of H-pyrrole nitrogens is 1. The van der Waals surface area contributed by atoms with Crippen LogP contribution in [-0.2, 0) is 0 Å². The maximum atomic E-state index is 13.1. The number of aromatic nitrogens is 1. The number of aryl methyl sites for hydroxylation is 1. The number of benzene rings is 1. The molecule has 0 radical (unpaired) electrons. The summed E-state index contributed by atoms with van der Waals surface area (Å²) in [6.45, 7) is 5.92. The second kappa shape index (κ2) is 6.75. The van der Waals surface area contributed by atoms with Gasteiger partial charge in [-0.15, -0.1) is 0 Å². The van der Waals surface area contributed by atoms with Crippen LogP contribution in [0, 0.1) is 13.8 Å². The van der Waals surface area contributed by atoms with Crippen molar-refractivity contribution in [3.63, 3.8) is 0 Å². The molecule has 1 N–H and O–H groups in total. The van der Waals surface area contributed by atoms with Crippen LogP contribution in [0.25, 0.3) is 0 Å². The molecule has 0 bridgehead atoms. The van der Waals surface area contributed by atoms with Crippen LogP contribution in [0.1, 0.15) is 63.5 Å². The Morgan fingerprint density at radius 3 is 2.68 bits per heavy atom. The van der Waals surface area contributed by atoms with Crippen LogP contribution < -0.4 is 4.74 Å². The third kappa shape index (κ3) is 3.06. The van der Waals surface area contributed by atoms with E-state index >= 15 is 0 Å². The van der Waals surface area contributed by atoms with Gasteiger partial charge in [0.25, 0.3) is 5.91 Å². The molecule has 1 fully saturated rings. The van der Waals surface area contributed by atoms with Crippen molar-refractivity contribution in [1.82, 2.24) is 9.88 Å². The molecule has 132 valence electrons. The number of amides is 1. The second-order valence-electron chi connectivity index (χ2n) is 6.61. The minimum atomic E-state index is -0.0431. The highest BCUT2D eigenvalue weighted by Crippen LogP contribution is 2.35. The molecule has 1 aromatic carbocycles. The zero-order chi connectivity index (χ0) is 18.1. The zero-order valence-corrected chi connectivity index (χ0v) is 15.2. The maximum Gasteiger partial charge on any atom is 0.271 e. The van der Waals surface area contributed by atoms with Gasteiger partial charge in [-0.25, -0.2) is 0 Å². The summed E-state index contributed by atoms with van der Waals surface area (Å²) in [5, 5.41) is 0. The number of carbonyl (C=O) groups excluding carboxylic acids is 2. The highest BCUT2D eigenvalue weighted by atomic mass is 16.5. The van der Waals surface area contributed by atoms with Crippen molar-refractivity contribution in [2.75, 3.05) is 13.7 Å². The molecule has 1 aliphatic heterocycles. The molecular formula is C20H24N2O3. The minimum Gasteiger partial charge on any atom is -0.497 e. The van der Waals surface area contributed by atoms with Gasteiger partial charge in [0.15, 0.2) is 5.78 Å². The number of methoxy groups -OCH3 is 1. The number of ketones is 1. The summed E-state index contributed by atoms with van der Waals surface area (Å²) in [7, 11) is 1.64. The average molecular weight is 340 g/mol. The lowest BCUT2D eigenvalue weighted by molar-refractivity contribution is 0.0729. The van der Waals surface area contributed by atoms with Crippen molar-refractivity contribution in [2.45, 2.75) is 39.7 Å². The standard InChI is InChI=1S/C20H24N2O3/c1-12-18(14(3)23)13(2)21-19(12)20(24)22-10-6-9-17(22)15-7-5-8-16(11-15)25-4/h5,7-8,11,17,21H,6,9-10H2,1-4H3/t17-/m1/s1. The predicted molar refractivity (Wildman–Crippen MR) is 96.3 cm³/mol. The van der Waals surface area contributed by atoms with E-state index in [9.17, 15) is 9.59 Å². The van der Waals surface area contributed by atoms with Crippen LogP contribution in [0.4, 0.5) is 0 Å². The molecule has 0 spiro atoms. The van der Waals surface area contributed by atoms with E-state index in [2.05, 4.69) is 4.98 Å². The molecule has 1 aliphatic rings. The number of nitrogens with zero attached hydrogens (tertiary/aromatic N) is 1. The van der Waals surface area contributed by atoms with Gasteiger partial charge < -0.3 is 14.6 Å². The first-order valence-electron chi connectivity index (χ1n) is 8.59. The van der Waals surface area contributed by atoms with Crippen molar-refractivity contribution in [2.24, 2.45) is 0 Å². The SMILES string of the molecule is COc1cccc([C@H]2CCCN2C(=O)c2[nH]c(C)c(C(C)=O)c2C)c1. The third-order valence-electron chi connectivity index (χ3n) is 5.00. The third-order valence-corrected chi connectivity index (χ3v) is 5.00. The van der Waals surface area contributed by atoms with Gasteiger partial charge in [0.2, 0.25) is 0 Å². The number of nitrogens with one attached hydrogen (secondary N) is 1. The molecule has 5 heteroatoms. The summed E-state index contributed by atoms with van der Waals surface area (Å²) in [6.07, 6.45) is 1.89. The first kappa shape index (κ1) is 17.3. The Labute approximate surface area is 148 Å². The lowest BCUT2D eigenvalue weighted by atomic mass is 10.0. The molecule has 0 unspecified atom stereocenters. The number of likely N-dealkylation sites (tertiary alicyclic amines) is 1. The van der Waals surface area contributed by atoms with Crippen molar-refractivity contribution in [3.8, 4) is 5.75 Å². The van der Waals surface area contributed by atoms with Gasteiger partial charge >= 0.3 is 0 Å². The van der Waals surface area contributed by atoms with E-state index in [4.69, 9.17) is 4.74 Å². The summed E-state index contributed by atoms with van der Waals surface area (Å²) < 4.78 is 5.31. The van der Waals surface area contributed by atoms with Crippen LogP contribution in [0.15, 0.2) is 24.3 Å². The molecule has 2 heterocycles. The number of Topliss-reactive ketones (excluding diaryl/α,β-unsaturated/α-hetero) is 1. The Kier molecular flexibility index (Phi) is 4.66. The zero-order valence-electron chi connectivity index (χ0n) is 15.2. The average Bonchev–Trinajstić information content (AvgIpc) is 3.19. The summed E-state index contributed by atoms with van der Waals surface area (Å²) in [4.78, 5) is 30.0. The summed E-state index contributed by atoms with van der Waals surface area (Å²) in [5.41, 5.74) is 3.73. The fourth-order valence-electron chi connectivity index (χ4n) is 3.84. The predicted octanol–water partition coefficient (Wildman–Crippen LogP) is 3.82. The Bertz CT molecular complexity index is 822. The number of ether oxygens (including phenoxy) is 1. The number of aromatic amines is 1. The molecule has 1 saturated heterocycles. The van der Waals surface area contributed by atoms with Gasteiger partial charge in [0.05, 0.1) is 13.2 Å². The van der Waals surface area contributed by atoms with E-state index in [1.165, 1.54) is 6.92 Å². The topological polar surface area (TPSA) is 62.4 Å². The summed E-state index contributed by atoms with van der Waals surface area (Å²) in [5.74, 6) is 0.733. The van der Waals surface area contributed by atoms with Gasteiger partial charge in [-0.2, -0.15) is 0 Å². The Hall–Kier alpha value is -2.56.